The van der Waals surface area contributed by atoms with Crippen LogP contribution in [0.1, 0.15) is 28.3 Å². The summed E-state index contributed by atoms with van der Waals surface area (Å²) in [6, 6.07) is 15.5. The Hall–Kier alpha value is -4.19. The van der Waals surface area contributed by atoms with Gasteiger partial charge in [0.15, 0.2) is 0 Å². The molecule has 3 aromatic carbocycles. The van der Waals surface area contributed by atoms with Crippen molar-refractivity contribution in [1.29, 1.82) is 0 Å². The number of nitrogens with one attached hydrogen (secondary N) is 3. The molecule has 3 amide bonds. The van der Waals surface area contributed by atoms with Gasteiger partial charge in [-0.1, -0.05) is 24.3 Å². The van der Waals surface area contributed by atoms with Crippen LogP contribution in [0.15, 0.2) is 60.7 Å². The number of para-hydroxylation sites is 1. The van der Waals surface area contributed by atoms with E-state index in [4.69, 9.17) is 9.47 Å². The van der Waals surface area contributed by atoms with Crippen molar-refractivity contribution in [2.45, 2.75) is 29.8 Å². The number of fused-ring (bicyclic) bond motifs is 3. The molecular weight excluding hydrogens is 558 g/mol. The van der Waals surface area contributed by atoms with Crippen molar-refractivity contribution < 1.29 is 32.6 Å². The van der Waals surface area contributed by atoms with Gasteiger partial charge in [0.1, 0.15) is 23.7 Å². The Morgan fingerprint density at radius 3 is 2.44 bits per heavy atom. The number of hydrogen-bond acceptors (Lipinski definition) is 6. The second-order valence-electron chi connectivity index (χ2n) is 11.7. The fourth-order valence-electron chi connectivity index (χ4n) is 6.85. The molecular formula is C32H30F2N4O5. The Morgan fingerprint density at radius 2 is 1.67 bits per heavy atom. The first-order valence-corrected chi connectivity index (χ1v) is 14.3. The normalized spacial score (nSPS) is 24.0. The van der Waals surface area contributed by atoms with Gasteiger partial charge in [-0.05, 0) is 65.4 Å². The average Bonchev–Trinajstić information content (AvgIpc) is 3.37. The molecule has 7 rings (SSSR count). The lowest BCUT2D eigenvalue weighted by Crippen LogP contribution is -2.69. The predicted octanol–water partition coefficient (Wildman–Crippen LogP) is 2.85. The molecule has 2 saturated heterocycles. The van der Waals surface area contributed by atoms with E-state index < -0.39 is 40.4 Å². The highest BCUT2D eigenvalue weighted by atomic mass is 19.1. The topological polar surface area (TPSA) is 109 Å². The van der Waals surface area contributed by atoms with Gasteiger partial charge in [0.2, 0.25) is 17.7 Å². The third kappa shape index (κ3) is 4.77. The molecule has 3 N–H and O–H groups in total. The lowest BCUT2D eigenvalue weighted by molar-refractivity contribution is -0.151. The molecule has 2 atom stereocenters. The Bertz CT molecular complexity index is 1620. The van der Waals surface area contributed by atoms with E-state index in [1.54, 1.807) is 6.07 Å². The Balaban J connectivity index is 1.13. The minimum Gasteiger partial charge on any atom is -0.376 e. The molecule has 43 heavy (non-hydrogen) atoms. The summed E-state index contributed by atoms with van der Waals surface area (Å²) in [7, 11) is 0. The first-order chi connectivity index (χ1) is 20.8. The van der Waals surface area contributed by atoms with Crippen molar-refractivity contribution in [2.24, 2.45) is 0 Å². The van der Waals surface area contributed by atoms with Crippen LogP contribution in [0, 0.1) is 11.6 Å². The van der Waals surface area contributed by atoms with Crippen molar-refractivity contribution in [3.63, 3.8) is 0 Å². The molecule has 2 fully saturated rings. The standard InChI is InChI=1S/C32H30F2N4O5/c33-22-9-20(10-23(34)12-22)27-15-35-32(17-42-7-8-43-18-32)30(41)38(27)16-28(39)36-24-6-5-19-13-31(14-21(19)11-24)25-3-1-2-4-26(25)37-29(31)40/h1-6,9-12,27,35H,7-8,13-18H2,(H,36,39)(H,37,40)/t27-,31+/m0/s1. The quantitative estimate of drug-likeness (QED) is 0.433. The summed E-state index contributed by atoms with van der Waals surface area (Å²) in [5.74, 6) is -2.51. The van der Waals surface area contributed by atoms with Gasteiger partial charge in [-0.25, -0.2) is 8.78 Å². The Labute approximate surface area is 246 Å². The van der Waals surface area contributed by atoms with Crippen molar-refractivity contribution in [1.82, 2.24) is 10.2 Å². The molecule has 0 saturated carbocycles. The summed E-state index contributed by atoms with van der Waals surface area (Å²) in [5, 5.41) is 9.06. The SMILES string of the molecule is O=C(CN1C(=O)C2(COCCOC2)NC[C@H]1c1cc(F)cc(F)c1)Nc1ccc2c(c1)C[C@@]1(C2)C(=O)Nc2ccccc21. The highest BCUT2D eigenvalue weighted by Gasteiger charge is 2.51. The number of carbonyl (C=O) groups excluding carboxylic acids is 3. The van der Waals surface area contributed by atoms with E-state index in [-0.39, 0.29) is 37.8 Å². The van der Waals surface area contributed by atoms with E-state index in [0.717, 1.165) is 28.4 Å². The molecule has 222 valence electrons. The molecule has 0 aromatic heterocycles. The van der Waals surface area contributed by atoms with E-state index in [2.05, 4.69) is 16.0 Å². The van der Waals surface area contributed by atoms with Gasteiger partial charge in [0, 0.05) is 24.0 Å². The van der Waals surface area contributed by atoms with Gasteiger partial charge >= 0.3 is 0 Å². The maximum atomic E-state index is 14.2. The monoisotopic (exact) mass is 588 g/mol. The summed E-state index contributed by atoms with van der Waals surface area (Å²) in [6.07, 6.45) is 1.06. The predicted molar refractivity (Wildman–Crippen MR) is 152 cm³/mol. The number of amides is 3. The summed E-state index contributed by atoms with van der Waals surface area (Å²) in [4.78, 5) is 41.8. The van der Waals surface area contributed by atoms with Crippen molar-refractivity contribution in [3.05, 3.63) is 94.6 Å². The lowest BCUT2D eigenvalue weighted by Gasteiger charge is -2.45. The van der Waals surface area contributed by atoms with Gasteiger partial charge in [-0.3, -0.25) is 19.7 Å². The van der Waals surface area contributed by atoms with E-state index in [9.17, 15) is 23.2 Å². The zero-order valence-electron chi connectivity index (χ0n) is 23.3. The van der Waals surface area contributed by atoms with Crippen LogP contribution in [0.3, 0.4) is 0 Å². The lowest BCUT2D eigenvalue weighted by atomic mass is 9.79. The summed E-state index contributed by atoms with van der Waals surface area (Å²) in [6.45, 7) is 0.501. The largest absolute Gasteiger partial charge is 0.376 e. The smallest absolute Gasteiger partial charge is 0.248 e. The first-order valence-electron chi connectivity index (χ1n) is 14.3. The number of anilines is 2. The van der Waals surface area contributed by atoms with E-state index >= 15 is 0 Å². The number of carbonyl (C=O) groups is 3. The van der Waals surface area contributed by atoms with Crippen LogP contribution in [-0.4, -0.2) is 67.7 Å². The molecule has 4 aliphatic rings. The molecule has 0 unspecified atom stereocenters. The van der Waals surface area contributed by atoms with Gasteiger partial charge in [-0.2, -0.15) is 0 Å². The highest BCUT2D eigenvalue weighted by molar-refractivity contribution is 6.07. The molecule has 9 nitrogen and oxygen atoms in total. The second-order valence-corrected chi connectivity index (χ2v) is 11.7. The number of benzene rings is 3. The third-order valence-corrected chi connectivity index (χ3v) is 8.93. The van der Waals surface area contributed by atoms with Crippen molar-refractivity contribution in [3.8, 4) is 0 Å². The highest BCUT2D eigenvalue weighted by Crippen LogP contribution is 2.47. The molecule has 1 aliphatic carbocycles. The number of nitrogens with zero attached hydrogens (tertiary/aromatic N) is 1. The molecule has 0 radical (unpaired) electrons. The van der Waals surface area contributed by atoms with E-state index in [0.29, 0.717) is 31.7 Å². The fourth-order valence-corrected chi connectivity index (χ4v) is 6.85. The maximum Gasteiger partial charge on any atom is 0.248 e. The molecule has 2 spiro atoms. The van der Waals surface area contributed by atoms with Crippen LogP contribution in [0.25, 0.3) is 0 Å². The Kier molecular flexibility index (Phi) is 6.76. The third-order valence-electron chi connectivity index (χ3n) is 8.93. The van der Waals surface area contributed by atoms with Crippen LogP contribution in [0.4, 0.5) is 20.2 Å². The summed E-state index contributed by atoms with van der Waals surface area (Å²) >= 11 is 0. The van der Waals surface area contributed by atoms with Crippen LogP contribution in [-0.2, 0) is 42.1 Å². The van der Waals surface area contributed by atoms with Gasteiger partial charge in [-0.15, -0.1) is 0 Å². The van der Waals surface area contributed by atoms with Crippen LogP contribution in [0.5, 0.6) is 0 Å². The molecule has 3 heterocycles. The number of hydrogen-bond donors (Lipinski definition) is 3. The number of ether oxygens (including phenoxy) is 2. The van der Waals surface area contributed by atoms with E-state index in [1.165, 1.54) is 17.0 Å². The average molecular weight is 589 g/mol. The second kappa shape index (κ2) is 10.5. The van der Waals surface area contributed by atoms with Crippen molar-refractivity contribution >= 4 is 29.1 Å². The first kappa shape index (κ1) is 27.6. The zero-order chi connectivity index (χ0) is 29.8. The van der Waals surface area contributed by atoms with Crippen molar-refractivity contribution in [2.75, 3.05) is 50.2 Å². The minimum atomic E-state index is -1.22. The molecule has 0 bridgehead atoms. The Morgan fingerprint density at radius 1 is 0.953 bits per heavy atom. The van der Waals surface area contributed by atoms with Gasteiger partial charge in [0.05, 0.1) is 37.9 Å². The zero-order valence-corrected chi connectivity index (χ0v) is 23.3. The summed E-state index contributed by atoms with van der Waals surface area (Å²) in [5.41, 5.74) is 2.64. The number of halogens is 2. The molecule has 3 aliphatic heterocycles. The van der Waals surface area contributed by atoms with Gasteiger partial charge in [0.25, 0.3) is 0 Å². The number of rotatable bonds is 4. The van der Waals surface area contributed by atoms with Crippen LogP contribution in [0.2, 0.25) is 0 Å². The van der Waals surface area contributed by atoms with Gasteiger partial charge < -0.3 is 25.0 Å². The fraction of sp³-hybridized carbons (Fsp3) is 0.344. The maximum absolute atomic E-state index is 14.2. The minimum absolute atomic E-state index is 0.0343. The van der Waals surface area contributed by atoms with E-state index in [1.807, 2.05) is 36.4 Å². The number of piperazine rings is 1. The summed E-state index contributed by atoms with van der Waals surface area (Å²) < 4.78 is 39.6. The molecule has 11 heteroatoms. The molecule has 3 aromatic rings. The van der Waals surface area contributed by atoms with Crippen LogP contribution >= 0.6 is 0 Å². The van der Waals surface area contributed by atoms with Crippen LogP contribution < -0.4 is 16.0 Å².